The lowest BCUT2D eigenvalue weighted by Crippen LogP contribution is -2.39. The van der Waals surface area contributed by atoms with E-state index < -0.39 is 0 Å². The average Bonchev–Trinajstić information content (AvgIpc) is 3.19. The van der Waals surface area contributed by atoms with Crippen LogP contribution in [0.5, 0.6) is 5.75 Å². The summed E-state index contributed by atoms with van der Waals surface area (Å²) in [5.74, 6) is 1.68. The van der Waals surface area contributed by atoms with E-state index in [4.69, 9.17) is 9.47 Å². The van der Waals surface area contributed by atoms with Gasteiger partial charge in [0.2, 0.25) is 0 Å². The molecule has 0 atom stereocenters. The van der Waals surface area contributed by atoms with Crippen LogP contribution in [0.25, 0.3) is 0 Å². The standard InChI is InChI=1S/C20H30N4O2/c1-3-26-16-6-11-21-20(22-12-15-24-13-4-5-14-24)23-17-18-7-9-19(25-2)10-8-18/h4-5,7-10,13-14H,3,6,11-12,15-17H2,1-2H3,(H2,21,22,23). The van der Waals surface area contributed by atoms with Crippen LogP contribution in [0.4, 0.5) is 0 Å². The minimum Gasteiger partial charge on any atom is -0.497 e. The monoisotopic (exact) mass is 358 g/mol. The van der Waals surface area contributed by atoms with Gasteiger partial charge in [-0.05, 0) is 43.2 Å². The lowest BCUT2D eigenvalue weighted by Gasteiger charge is -2.13. The molecule has 142 valence electrons. The summed E-state index contributed by atoms with van der Waals surface area (Å²) in [6.07, 6.45) is 5.07. The first kappa shape index (κ1) is 19.8. The third kappa shape index (κ3) is 7.61. The second-order valence-electron chi connectivity index (χ2n) is 5.84. The maximum absolute atomic E-state index is 5.38. The highest BCUT2D eigenvalue weighted by Gasteiger charge is 2.00. The van der Waals surface area contributed by atoms with Crippen molar-refractivity contribution in [3.63, 3.8) is 0 Å². The Morgan fingerprint density at radius 1 is 1.08 bits per heavy atom. The zero-order valence-electron chi connectivity index (χ0n) is 15.8. The lowest BCUT2D eigenvalue weighted by atomic mass is 10.2. The van der Waals surface area contributed by atoms with Crippen LogP contribution < -0.4 is 15.4 Å². The Balaban J connectivity index is 1.84. The van der Waals surface area contributed by atoms with Crippen molar-refractivity contribution in [3.05, 3.63) is 54.4 Å². The van der Waals surface area contributed by atoms with Crippen molar-refractivity contribution in [3.8, 4) is 5.75 Å². The zero-order chi connectivity index (χ0) is 18.5. The summed E-state index contributed by atoms with van der Waals surface area (Å²) in [6.45, 7) is 6.69. The molecule has 0 saturated carbocycles. The third-order valence-corrected chi connectivity index (χ3v) is 3.87. The van der Waals surface area contributed by atoms with E-state index in [1.165, 1.54) is 0 Å². The molecule has 1 heterocycles. The molecule has 2 rings (SSSR count). The summed E-state index contributed by atoms with van der Waals surface area (Å²) in [5.41, 5.74) is 1.15. The largest absolute Gasteiger partial charge is 0.497 e. The van der Waals surface area contributed by atoms with Gasteiger partial charge in [0.05, 0.1) is 13.7 Å². The molecule has 0 aliphatic rings. The number of rotatable bonds is 11. The molecule has 2 aromatic rings. The lowest BCUT2D eigenvalue weighted by molar-refractivity contribution is 0.145. The van der Waals surface area contributed by atoms with Crippen LogP contribution in [-0.4, -0.2) is 43.9 Å². The van der Waals surface area contributed by atoms with E-state index in [1.807, 2.05) is 43.3 Å². The van der Waals surface area contributed by atoms with Gasteiger partial charge >= 0.3 is 0 Å². The van der Waals surface area contributed by atoms with E-state index in [-0.39, 0.29) is 0 Å². The van der Waals surface area contributed by atoms with Crippen molar-refractivity contribution in [1.29, 1.82) is 0 Å². The first-order chi connectivity index (χ1) is 12.8. The van der Waals surface area contributed by atoms with Gasteiger partial charge < -0.3 is 24.7 Å². The number of aromatic nitrogens is 1. The molecule has 0 spiro atoms. The van der Waals surface area contributed by atoms with E-state index in [2.05, 4.69) is 32.6 Å². The molecule has 6 nitrogen and oxygen atoms in total. The van der Waals surface area contributed by atoms with Crippen LogP contribution in [0.3, 0.4) is 0 Å². The van der Waals surface area contributed by atoms with Crippen LogP contribution >= 0.6 is 0 Å². The highest BCUT2D eigenvalue weighted by atomic mass is 16.5. The quantitative estimate of drug-likeness (QED) is 0.368. The molecule has 1 aromatic heterocycles. The molecule has 2 N–H and O–H groups in total. The summed E-state index contributed by atoms with van der Waals surface area (Å²) < 4.78 is 12.7. The minimum absolute atomic E-state index is 0.619. The van der Waals surface area contributed by atoms with Crippen LogP contribution in [0.1, 0.15) is 18.9 Å². The molecule has 0 unspecified atom stereocenters. The minimum atomic E-state index is 0.619. The van der Waals surface area contributed by atoms with Gasteiger partial charge in [0, 0.05) is 45.2 Å². The molecule has 26 heavy (non-hydrogen) atoms. The maximum atomic E-state index is 5.38. The number of hydrogen-bond donors (Lipinski definition) is 2. The number of guanidine groups is 1. The Morgan fingerprint density at radius 2 is 1.81 bits per heavy atom. The van der Waals surface area contributed by atoms with Gasteiger partial charge in [-0.15, -0.1) is 0 Å². The Morgan fingerprint density at radius 3 is 2.50 bits per heavy atom. The maximum Gasteiger partial charge on any atom is 0.191 e. The second kappa shape index (κ2) is 12.0. The highest BCUT2D eigenvalue weighted by Crippen LogP contribution is 2.11. The van der Waals surface area contributed by atoms with E-state index in [1.54, 1.807) is 7.11 Å². The molecular formula is C20H30N4O2. The average molecular weight is 358 g/mol. The fraction of sp³-hybridized carbons (Fsp3) is 0.450. The second-order valence-corrected chi connectivity index (χ2v) is 5.84. The van der Waals surface area contributed by atoms with Gasteiger partial charge in [0.15, 0.2) is 5.96 Å². The normalized spacial score (nSPS) is 11.4. The van der Waals surface area contributed by atoms with E-state index >= 15 is 0 Å². The first-order valence-corrected chi connectivity index (χ1v) is 9.15. The van der Waals surface area contributed by atoms with Gasteiger partial charge in [-0.3, -0.25) is 0 Å². The predicted octanol–water partition coefficient (Wildman–Crippen LogP) is 2.66. The summed E-state index contributed by atoms with van der Waals surface area (Å²) in [7, 11) is 1.67. The van der Waals surface area contributed by atoms with Gasteiger partial charge in [-0.1, -0.05) is 12.1 Å². The number of benzene rings is 1. The molecule has 0 amide bonds. The van der Waals surface area contributed by atoms with Gasteiger partial charge in [-0.2, -0.15) is 0 Å². The van der Waals surface area contributed by atoms with Gasteiger partial charge in [-0.25, -0.2) is 4.99 Å². The third-order valence-electron chi connectivity index (χ3n) is 3.87. The molecule has 0 bridgehead atoms. The first-order valence-electron chi connectivity index (χ1n) is 9.15. The van der Waals surface area contributed by atoms with Crippen LogP contribution in [0, 0.1) is 0 Å². The van der Waals surface area contributed by atoms with Gasteiger partial charge in [0.25, 0.3) is 0 Å². The SMILES string of the molecule is CCOCCCNC(=NCc1ccc(OC)cc1)NCCn1cccc1. The Bertz CT molecular complexity index is 624. The van der Waals surface area contributed by atoms with Gasteiger partial charge in [0.1, 0.15) is 5.75 Å². The number of aliphatic imine (C=N–C) groups is 1. The molecule has 0 aliphatic carbocycles. The summed E-state index contributed by atoms with van der Waals surface area (Å²) in [6, 6.07) is 12.1. The van der Waals surface area contributed by atoms with Crippen molar-refractivity contribution in [2.75, 3.05) is 33.4 Å². The van der Waals surface area contributed by atoms with Crippen molar-refractivity contribution in [2.45, 2.75) is 26.4 Å². The van der Waals surface area contributed by atoms with E-state index in [0.29, 0.717) is 6.54 Å². The molecule has 0 fully saturated rings. The predicted molar refractivity (Wildman–Crippen MR) is 106 cm³/mol. The number of methoxy groups -OCH3 is 1. The van der Waals surface area contributed by atoms with Crippen molar-refractivity contribution < 1.29 is 9.47 Å². The molecule has 1 aromatic carbocycles. The van der Waals surface area contributed by atoms with Crippen LogP contribution in [0.2, 0.25) is 0 Å². The fourth-order valence-electron chi connectivity index (χ4n) is 2.42. The zero-order valence-corrected chi connectivity index (χ0v) is 15.8. The van der Waals surface area contributed by atoms with E-state index in [0.717, 1.165) is 56.5 Å². The summed E-state index contributed by atoms with van der Waals surface area (Å²) >= 11 is 0. The van der Waals surface area contributed by atoms with Crippen LogP contribution in [0.15, 0.2) is 53.8 Å². The number of nitrogens with one attached hydrogen (secondary N) is 2. The topological polar surface area (TPSA) is 59.8 Å². The van der Waals surface area contributed by atoms with Crippen molar-refractivity contribution >= 4 is 5.96 Å². The van der Waals surface area contributed by atoms with E-state index in [9.17, 15) is 0 Å². The molecule has 0 radical (unpaired) electrons. The number of nitrogens with zero attached hydrogens (tertiary/aromatic N) is 2. The molecule has 0 aliphatic heterocycles. The van der Waals surface area contributed by atoms with Crippen molar-refractivity contribution in [1.82, 2.24) is 15.2 Å². The molecule has 6 heteroatoms. The van der Waals surface area contributed by atoms with Crippen LogP contribution in [-0.2, 0) is 17.8 Å². The Labute approximate surface area is 156 Å². The highest BCUT2D eigenvalue weighted by molar-refractivity contribution is 5.79. The summed E-state index contributed by atoms with van der Waals surface area (Å²) in [4.78, 5) is 4.69. The number of ether oxygens (including phenoxy) is 2. The fourth-order valence-corrected chi connectivity index (χ4v) is 2.42. The smallest absolute Gasteiger partial charge is 0.191 e. The number of hydrogen-bond acceptors (Lipinski definition) is 3. The molecule has 0 saturated heterocycles. The molecular weight excluding hydrogens is 328 g/mol. The van der Waals surface area contributed by atoms with Crippen molar-refractivity contribution in [2.24, 2.45) is 4.99 Å². The Hall–Kier alpha value is -2.47. The Kier molecular flexibility index (Phi) is 9.14. The summed E-state index contributed by atoms with van der Waals surface area (Å²) in [5, 5.41) is 6.77.